The fourth-order valence-corrected chi connectivity index (χ4v) is 2.97. The van der Waals surface area contributed by atoms with Gasteiger partial charge in [0, 0.05) is 19.5 Å². The van der Waals surface area contributed by atoms with Crippen molar-refractivity contribution in [1.29, 1.82) is 0 Å². The second-order valence-corrected chi connectivity index (χ2v) is 6.22. The summed E-state index contributed by atoms with van der Waals surface area (Å²) in [5.41, 5.74) is 0.833. The molecule has 1 aromatic rings. The fourth-order valence-electron chi connectivity index (χ4n) is 2.36. The number of carboxylic acids is 1. The summed E-state index contributed by atoms with van der Waals surface area (Å²) in [7, 11) is 3.29. The summed E-state index contributed by atoms with van der Waals surface area (Å²) in [6.45, 7) is 2.71. The van der Waals surface area contributed by atoms with Crippen molar-refractivity contribution in [1.82, 2.24) is 14.8 Å². The number of rotatable bonds is 4. The molecule has 2 heterocycles. The Morgan fingerprint density at radius 2 is 2.19 bits per heavy atom. The van der Waals surface area contributed by atoms with E-state index in [4.69, 9.17) is 9.84 Å². The van der Waals surface area contributed by atoms with Crippen molar-refractivity contribution < 1.29 is 19.4 Å². The number of aliphatic carboxylic acids is 1. The second kappa shape index (κ2) is 6.40. The molecule has 1 aliphatic rings. The topological polar surface area (TPSA) is 83.0 Å². The Balaban J connectivity index is 1.99. The number of likely N-dealkylation sites (N-methyl/N-ethyl adjacent to an activating group) is 1. The highest BCUT2D eigenvalue weighted by atomic mass is 32.1. The van der Waals surface area contributed by atoms with E-state index in [1.165, 1.54) is 21.1 Å². The van der Waals surface area contributed by atoms with Gasteiger partial charge in [0.2, 0.25) is 0 Å². The molecule has 0 saturated carbocycles. The molecule has 0 radical (unpaired) electrons. The molecule has 2 atom stereocenters. The fraction of sp³-hybridized carbons (Fsp3) is 0.615. The number of carbonyl (C=O) groups excluding carboxylic acids is 1. The van der Waals surface area contributed by atoms with E-state index in [0.717, 1.165) is 10.7 Å². The lowest BCUT2D eigenvalue weighted by Crippen LogP contribution is -2.48. The number of aryl methyl sites for hydroxylation is 1. The number of ether oxygens (including phenoxy) is 1. The maximum Gasteiger partial charge on any atom is 0.320 e. The third kappa shape index (κ3) is 3.51. The van der Waals surface area contributed by atoms with Gasteiger partial charge < -0.3 is 19.6 Å². The van der Waals surface area contributed by atoms with Crippen LogP contribution >= 0.6 is 11.3 Å². The highest BCUT2D eigenvalue weighted by Crippen LogP contribution is 2.20. The number of amides is 2. The molecule has 1 N–H and O–H groups in total. The van der Waals surface area contributed by atoms with Crippen LogP contribution in [0.25, 0.3) is 0 Å². The third-order valence-electron chi connectivity index (χ3n) is 3.56. The zero-order valence-corrected chi connectivity index (χ0v) is 13.1. The lowest BCUT2D eigenvalue weighted by Gasteiger charge is -2.30. The number of carboxylic acid groups (broad SMARTS) is 1. The van der Waals surface area contributed by atoms with Gasteiger partial charge in [0.1, 0.15) is 5.92 Å². The summed E-state index contributed by atoms with van der Waals surface area (Å²) < 4.78 is 5.20. The number of nitrogens with zero attached hydrogens (tertiary/aromatic N) is 3. The molecular formula is C13H19N3O4S. The molecule has 0 aromatic carbocycles. The summed E-state index contributed by atoms with van der Waals surface area (Å²) in [6, 6.07) is -0.669. The van der Waals surface area contributed by atoms with Crippen molar-refractivity contribution >= 4 is 23.3 Å². The first-order valence-electron chi connectivity index (χ1n) is 6.59. The van der Waals surface area contributed by atoms with E-state index in [2.05, 4.69) is 4.98 Å². The van der Waals surface area contributed by atoms with Gasteiger partial charge in [0.15, 0.2) is 0 Å². The van der Waals surface area contributed by atoms with E-state index >= 15 is 0 Å². The lowest BCUT2D eigenvalue weighted by atomic mass is 10.0. The first-order valence-corrected chi connectivity index (χ1v) is 7.47. The van der Waals surface area contributed by atoms with Gasteiger partial charge in [-0.1, -0.05) is 0 Å². The molecule has 2 unspecified atom stereocenters. The number of aromatic nitrogens is 1. The first kappa shape index (κ1) is 15.7. The SMILES string of the molecule is Cc1nc(CN(C)C(=O)N(C)C2COCC2C(=O)O)cs1. The average Bonchev–Trinajstić information content (AvgIpc) is 3.05. The Bertz CT molecular complexity index is 533. The van der Waals surface area contributed by atoms with E-state index in [1.54, 1.807) is 14.1 Å². The van der Waals surface area contributed by atoms with Gasteiger partial charge >= 0.3 is 12.0 Å². The van der Waals surface area contributed by atoms with Crippen LogP contribution in [0.15, 0.2) is 5.38 Å². The zero-order valence-electron chi connectivity index (χ0n) is 12.3. The van der Waals surface area contributed by atoms with Gasteiger partial charge in [-0.2, -0.15) is 0 Å². The van der Waals surface area contributed by atoms with Crippen molar-refractivity contribution in [2.24, 2.45) is 5.92 Å². The Labute approximate surface area is 127 Å². The normalized spacial score (nSPS) is 21.3. The minimum atomic E-state index is -0.935. The molecule has 116 valence electrons. The van der Waals surface area contributed by atoms with Crippen LogP contribution in [-0.4, -0.2) is 65.2 Å². The minimum absolute atomic E-state index is 0.145. The van der Waals surface area contributed by atoms with Crippen molar-refractivity contribution in [3.05, 3.63) is 16.1 Å². The summed E-state index contributed by atoms with van der Waals surface area (Å²) in [4.78, 5) is 30.9. The predicted octanol–water partition coefficient (Wildman–Crippen LogP) is 1.03. The number of thiazole rings is 1. The Kier molecular flexibility index (Phi) is 4.79. The first-order chi connectivity index (χ1) is 9.90. The number of hydrogen-bond acceptors (Lipinski definition) is 5. The van der Waals surface area contributed by atoms with Crippen LogP contribution < -0.4 is 0 Å². The molecule has 0 bridgehead atoms. The van der Waals surface area contributed by atoms with Crippen LogP contribution in [0, 0.1) is 12.8 Å². The number of hydrogen-bond donors (Lipinski definition) is 1. The number of urea groups is 1. The largest absolute Gasteiger partial charge is 0.481 e. The van der Waals surface area contributed by atoms with Crippen LogP contribution in [0.4, 0.5) is 4.79 Å². The third-order valence-corrected chi connectivity index (χ3v) is 4.38. The quantitative estimate of drug-likeness (QED) is 0.898. The lowest BCUT2D eigenvalue weighted by molar-refractivity contribution is -0.142. The summed E-state index contributed by atoms with van der Waals surface area (Å²) >= 11 is 1.54. The van der Waals surface area contributed by atoms with E-state index in [9.17, 15) is 9.59 Å². The van der Waals surface area contributed by atoms with Crippen LogP contribution in [0.5, 0.6) is 0 Å². The van der Waals surface area contributed by atoms with Gasteiger partial charge in [0.05, 0.1) is 36.5 Å². The predicted molar refractivity (Wildman–Crippen MR) is 77.2 cm³/mol. The molecular weight excluding hydrogens is 294 g/mol. The van der Waals surface area contributed by atoms with Crippen LogP contribution in [0.2, 0.25) is 0 Å². The summed E-state index contributed by atoms with van der Waals surface area (Å²) in [5, 5.41) is 12.0. The highest BCUT2D eigenvalue weighted by molar-refractivity contribution is 7.09. The molecule has 2 rings (SSSR count). The van der Waals surface area contributed by atoms with Gasteiger partial charge in [-0.05, 0) is 6.92 Å². The van der Waals surface area contributed by atoms with Crippen molar-refractivity contribution in [2.75, 3.05) is 27.3 Å². The maximum absolute atomic E-state index is 12.4. The Morgan fingerprint density at radius 3 is 2.76 bits per heavy atom. The summed E-state index contributed by atoms with van der Waals surface area (Å²) in [6.07, 6.45) is 0. The van der Waals surface area contributed by atoms with Gasteiger partial charge in [0.25, 0.3) is 0 Å². The summed E-state index contributed by atoms with van der Waals surface area (Å²) in [5.74, 6) is -1.61. The maximum atomic E-state index is 12.4. The molecule has 1 saturated heterocycles. The highest BCUT2D eigenvalue weighted by Gasteiger charge is 2.39. The monoisotopic (exact) mass is 313 g/mol. The van der Waals surface area contributed by atoms with Crippen LogP contribution in [0.1, 0.15) is 10.7 Å². The van der Waals surface area contributed by atoms with E-state index in [-0.39, 0.29) is 19.2 Å². The van der Waals surface area contributed by atoms with Crippen molar-refractivity contribution in [3.63, 3.8) is 0 Å². The second-order valence-electron chi connectivity index (χ2n) is 5.16. The molecule has 8 heteroatoms. The van der Waals surface area contributed by atoms with E-state index < -0.39 is 17.9 Å². The molecule has 1 aromatic heterocycles. The van der Waals surface area contributed by atoms with Gasteiger partial charge in [-0.3, -0.25) is 4.79 Å². The van der Waals surface area contributed by atoms with E-state index in [1.807, 2.05) is 12.3 Å². The molecule has 1 aliphatic heterocycles. The molecule has 1 fully saturated rings. The van der Waals surface area contributed by atoms with Crippen LogP contribution in [0.3, 0.4) is 0 Å². The standard InChI is InChI=1S/C13H19N3O4S/c1-8-14-9(7-21-8)4-15(2)13(19)16(3)11-6-20-5-10(11)12(17)18/h7,10-11H,4-6H2,1-3H3,(H,17,18). The van der Waals surface area contributed by atoms with Crippen molar-refractivity contribution in [2.45, 2.75) is 19.5 Å². The van der Waals surface area contributed by atoms with Gasteiger partial charge in [-0.15, -0.1) is 11.3 Å². The van der Waals surface area contributed by atoms with Crippen LogP contribution in [-0.2, 0) is 16.1 Å². The smallest absolute Gasteiger partial charge is 0.320 e. The minimum Gasteiger partial charge on any atom is -0.481 e. The zero-order chi connectivity index (χ0) is 15.6. The average molecular weight is 313 g/mol. The molecule has 21 heavy (non-hydrogen) atoms. The Hall–Kier alpha value is -1.67. The van der Waals surface area contributed by atoms with Gasteiger partial charge in [-0.25, -0.2) is 9.78 Å². The Morgan fingerprint density at radius 1 is 1.48 bits per heavy atom. The van der Waals surface area contributed by atoms with Crippen molar-refractivity contribution in [3.8, 4) is 0 Å². The molecule has 0 aliphatic carbocycles. The molecule has 7 nitrogen and oxygen atoms in total. The van der Waals surface area contributed by atoms with E-state index in [0.29, 0.717) is 6.54 Å². The molecule has 2 amide bonds. The number of carbonyl (C=O) groups is 2. The molecule has 0 spiro atoms.